The van der Waals surface area contributed by atoms with Gasteiger partial charge in [-0.1, -0.05) is 6.92 Å². The highest BCUT2D eigenvalue weighted by Crippen LogP contribution is 2.29. The predicted molar refractivity (Wildman–Crippen MR) is 67.4 cm³/mol. The lowest BCUT2D eigenvalue weighted by atomic mass is 10.2. The summed E-state index contributed by atoms with van der Waals surface area (Å²) in [6.45, 7) is 2.10. The van der Waals surface area contributed by atoms with Gasteiger partial charge in [0.1, 0.15) is 0 Å². The molecule has 4 nitrogen and oxygen atoms in total. The van der Waals surface area contributed by atoms with E-state index in [2.05, 4.69) is 10.0 Å². The first kappa shape index (κ1) is 15.8. The highest BCUT2D eigenvalue weighted by molar-refractivity contribution is 7.89. The molecule has 8 heteroatoms. The summed E-state index contributed by atoms with van der Waals surface area (Å²) in [5.41, 5.74) is -0.294. The molecular weight excluding hydrogens is 281 g/mol. The highest BCUT2D eigenvalue weighted by atomic mass is 32.2. The minimum atomic E-state index is -4.37. The molecule has 0 saturated heterocycles. The Kier molecular flexibility index (Phi) is 5.19. The van der Waals surface area contributed by atoms with Crippen LogP contribution in [0, 0.1) is 0 Å². The molecule has 2 N–H and O–H groups in total. The average Bonchev–Trinajstić information content (AvgIpc) is 2.28. The van der Waals surface area contributed by atoms with Crippen molar-refractivity contribution in [3.8, 4) is 0 Å². The zero-order chi connectivity index (χ0) is 14.5. The van der Waals surface area contributed by atoms with Gasteiger partial charge in [-0.25, -0.2) is 13.1 Å². The van der Waals surface area contributed by atoms with Crippen LogP contribution >= 0.6 is 0 Å². The third-order valence-corrected chi connectivity index (χ3v) is 3.75. The van der Waals surface area contributed by atoms with Gasteiger partial charge in [-0.3, -0.25) is 0 Å². The van der Waals surface area contributed by atoms with Crippen molar-refractivity contribution in [3.63, 3.8) is 0 Å². The van der Waals surface area contributed by atoms with Crippen molar-refractivity contribution in [3.05, 3.63) is 29.8 Å². The molecule has 0 fully saturated rings. The van der Waals surface area contributed by atoms with Gasteiger partial charge in [0.05, 0.1) is 11.3 Å². The molecule has 1 rings (SSSR count). The first-order chi connectivity index (χ1) is 8.74. The van der Waals surface area contributed by atoms with Crippen LogP contribution in [0.4, 0.5) is 18.9 Å². The molecule has 0 aliphatic carbocycles. The standard InChI is InChI=1S/C11H15F3N2O2S/c1-2-16-19(17,18)8-7-15-10-5-3-9(4-6-10)11(12,13)14/h3-6,15-16H,2,7-8H2,1H3. The second-order valence-corrected chi connectivity index (χ2v) is 5.75. The van der Waals surface area contributed by atoms with Crippen LogP contribution in [-0.4, -0.2) is 27.3 Å². The molecule has 0 aliphatic heterocycles. The molecule has 0 unspecified atom stereocenters. The Morgan fingerprint density at radius 3 is 2.21 bits per heavy atom. The first-order valence-corrected chi connectivity index (χ1v) is 7.28. The lowest BCUT2D eigenvalue weighted by Crippen LogP contribution is -2.29. The van der Waals surface area contributed by atoms with Crippen molar-refractivity contribution >= 4 is 15.7 Å². The van der Waals surface area contributed by atoms with Crippen LogP contribution < -0.4 is 10.0 Å². The quantitative estimate of drug-likeness (QED) is 0.845. The van der Waals surface area contributed by atoms with Gasteiger partial charge in [0.25, 0.3) is 0 Å². The highest BCUT2D eigenvalue weighted by Gasteiger charge is 2.29. The number of hydrogen-bond acceptors (Lipinski definition) is 3. The van der Waals surface area contributed by atoms with E-state index in [9.17, 15) is 21.6 Å². The summed E-state index contributed by atoms with van der Waals surface area (Å²) in [4.78, 5) is 0. The predicted octanol–water partition coefficient (Wildman–Crippen LogP) is 2.06. The van der Waals surface area contributed by atoms with E-state index < -0.39 is 21.8 Å². The Bertz CT molecular complexity index is 498. The summed E-state index contributed by atoms with van der Waals surface area (Å²) < 4.78 is 61.8. The summed E-state index contributed by atoms with van der Waals surface area (Å²) in [7, 11) is -3.33. The third-order valence-electron chi connectivity index (χ3n) is 2.28. The van der Waals surface area contributed by atoms with E-state index in [0.717, 1.165) is 12.1 Å². The first-order valence-electron chi connectivity index (χ1n) is 5.63. The summed E-state index contributed by atoms with van der Waals surface area (Å²) in [6, 6.07) is 4.42. The van der Waals surface area contributed by atoms with Gasteiger partial charge in [0, 0.05) is 18.8 Å². The van der Waals surface area contributed by atoms with E-state index >= 15 is 0 Å². The average molecular weight is 296 g/mol. The Morgan fingerprint density at radius 2 is 1.74 bits per heavy atom. The SMILES string of the molecule is CCNS(=O)(=O)CCNc1ccc(C(F)(F)F)cc1. The minimum Gasteiger partial charge on any atom is -0.384 e. The van der Waals surface area contributed by atoms with E-state index in [0.29, 0.717) is 12.2 Å². The van der Waals surface area contributed by atoms with Gasteiger partial charge in [-0.05, 0) is 24.3 Å². The number of hydrogen-bond donors (Lipinski definition) is 2. The Balaban J connectivity index is 2.51. The lowest BCUT2D eigenvalue weighted by molar-refractivity contribution is -0.137. The van der Waals surface area contributed by atoms with Gasteiger partial charge in [0.2, 0.25) is 10.0 Å². The molecule has 0 spiro atoms. The summed E-state index contributed by atoms with van der Waals surface area (Å²) in [6.07, 6.45) is -4.37. The zero-order valence-electron chi connectivity index (χ0n) is 10.3. The molecule has 1 aromatic carbocycles. The summed E-state index contributed by atoms with van der Waals surface area (Å²) in [5, 5.41) is 2.75. The molecule has 0 amide bonds. The van der Waals surface area contributed by atoms with Crippen LogP contribution in [0.1, 0.15) is 12.5 Å². The maximum atomic E-state index is 12.3. The number of rotatable bonds is 6. The molecule has 108 valence electrons. The molecule has 1 aromatic rings. The molecular formula is C11H15F3N2O2S. The Morgan fingerprint density at radius 1 is 1.16 bits per heavy atom. The number of sulfonamides is 1. The number of nitrogens with one attached hydrogen (secondary N) is 2. The van der Waals surface area contributed by atoms with Crippen LogP contribution in [0.2, 0.25) is 0 Å². The maximum absolute atomic E-state index is 12.3. The lowest BCUT2D eigenvalue weighted by Gasteiger charge is -2.10. The molecule has 0 heterocycles. The van der Waals surface area contributed by atoms with Gasteiger partial charge < -0.3 is 5.32 Å². The van der Waals surface area contributed by atoms with E-state index in [1.54, 1.807) is 6.92 Å². The maximum Gasteiger partial charge on any atom is 0.416 e. The second-order valence-electron chi connectivity index (χ2n) is 3.82. The van der Waals surface area contributed by atoms with Crippen LogP contribution in [-0.2, 0) is 16.2 Å². The van der Waals surface area contributed by atoms with Crippen LogP contribution in [0.25, 0.3) is 0 Å². The summed E-state index contributed by atoms with van der Waals surface area (Å²) in [5.74, 6) is -0.137. The van der Waals surface area contributed by atoms with Crippen molar-refractivity contribution in [2.75, 3.05) is 24.2 Å². The third kappa shape index (κ3) is 5.48. The smallest absolute Gasteiger partial charge is 0.384 e. The molecule has 0 saturated carbocycles. The Hall–Kier alpha value is -1.28. The fraction of sp³-hybridized carbons (Fsp3) is 0.455. The topological polar surface area (TPSA) is 58.2 Å². The molecule has 0 bridgehead atoms. The van der Waals surface area contributed by atoms with Crippen LogP contribution in [0.5, 0.6) is 0 Å². The van der Waals surface area contributed by atoms with E-state index in [4.69, 9.17) is 0 Å². The van der Waals surface area contributed by atoms with E-state index in [1.165, 1.54) is 12.1 Å². The summed E-state index contributed by atoms with van der Waals surface area (Å²) >= 11 is 0. The largest absolute Gasteiger partial charge is 0.416 e. The van der Waals surface area contributed by atoms with Crippen molar-refractivity contribution < 1.29 is 21.6 Å². The number of halogens is 3. The Labute approximate surface area is 110 Å². The number of alkyl halides is 3. The molecule has 0 radical (unpaired) electrons. The molecule has 19 heavy (non-hydrogen) atoms. The number of anilines is 1. The monoisotopic (exact) mass is 296 g/mol. The van der Waals surface area contributed by atoms with Crippen LogP contribution in [0.3, 0.4) is 0 Å². The van der Waals surface area contributed by atoms with E-state index in [-0.39, 0.29) is 12.3 Å². The van der Waals surface area contributed by atoms with Gasteiger partial charge in [-0.15, -0.1) is 0 Å². The minimum absolute atomic E-state index is 0.126. The molecule has 0 atom stereocenters. The fourth-order valence-corrected chi connectivity index (χ4v) is 2.35. The van der Waals surface area contributed by atoms with Crippen LogP contribution in [0.15, 0.2) is 24.3 Å². The second kappa shape index (κ2) is 6.25. The normalized spacial score (nSPS) is 12.4. The zero-order valence-corrected chi connectivity index (χ0v) is 11.1. The van der Waals surface area contributed by atoms with Crippen molar-refractivity contribution in [1.29, 1.82) is 0 Å². The van der Waals surface area contributed by atoms with Crippen molar-refractivity contribution in [2.45, 2.75) is 13.1 Å². The van der Waals surface area contributed by atoms with Crippen molar-refractivity contribution in [1.82, 2.24) is 4.72 Å². The van der Waals surface area contributed by atoms with E-state index in [1.807, 2.05) is 0 Å². The molecule has 0 aromatic heterocycles. The van der Waals surface area contributed by atoms with Crippen molar-refractivity contribution in [2.24, 2.45) is 0 Å². The van der Waals surface area contributed by atoms with Gasteiger partial charge in [0.15, 0.2) is 0 Å². The van der Waals surface area contributed by atoms with Gasteiger partial charge >= 0.3 is 6.18 Å². The van der Waals surface area contributed by atoms with Gasteiger partial charge in [-0.2, -0.15) is 13.2 Å². The number of benzene rings is 1. The fourth-order valence-electron chi connectivity index (χ4n) is 1.40. The molecule has 0 aliphatic rings.